The van der Waals surface area contributed by atoms with Gasteiger partial charge in [-0.05, 0) is 81.2 Å². The van der Waals surface area contributed by atoms with Gasteiger partial charge in [-0.1, -0.05) is 0 Å². The van der Waals surface area contributed by atoms with Crippen LogP contribution in [-0.2, 0) is 0 Å². The van der Waals surface area contributed by atoms with Crippen molar-refractivity contribution < 1.29 is 22.0 Å². The predicted molar refractivity (Wildman–Crippen MR) is 54.7 cm³/mol. The van der Waals surface area contributed by atoms with E-state index in [0.717, 1.165) is 0 Å². The molecule has 0 unspecified atom stereocenters. The predicted octanol–water partition coefficient (Wildman–Crippen LogP) is 6.31. The van der Waals surface area contributed by atoms with E-state index in [9.17, 15) is 22.0 Å². The highest BCUT2D eigenvalue weighted by Crippen LogP contribution is 2.26. The Balaban J connectivity index is -0.000000144. The first-order valence-corrected chi connectivity index (χ1v) is 4.91. The van der Waals surface area contributed by atoms with Crippen molar-refractivity contribution in [2.75, 3.05) is 0 Å². The molecule has 96 valence electrons. The molecule has 12 heteroatoms. The minimum Gasteiger partial charge on any atom is -0.189 e. The highest BCUT2D eigenvalue weighted by atomic mass is 35.6. The van der Waals surface area contributed by atoms with Crippen molar-refractivity contribution >= 4 is 81.2 Å². The van der Waals surface area contributed by atoms with Crippen LogP contribution in [-0.4, -0.2) is 13.7 Å². The maximum Gasteiger partial charge on any atom is 0.401 e. The summed E-state index contributed by atoms with van der Waals surface area (Å²) in [5.74, 6) is 0. The average molecular weight is 379 g/mol. The van der Waals surface area contributed by atoms with Gasteiger partial charge in [0.05, 0.1) is 0 Å². The molecule has 0 atom stereocenters. The molecule has 0 saturated carbocycles. The lowest BCUT2D eigenvalue weighted by molar-refractivity contribution is 0.193. The third kappa shape index (κ3) is 1040. The normalized spacial score (nSPS) is 12.0. The van der Waals surface area contributed by atoms with Gasteiger partial charge < -0.3 is 0 Å². The van der Waals surface area contributed by atoms with Crippen LogP contribution in [0, 0.1) is 0 Å². The molecule has 0 aliphatic carbocycles. The molecule has 0 heterocycles. The molecule has 0 spiro atoms. The number of rotatable bonds is 0. The lowest BCUT2D eigenvalue weighted by Crippen LogP contribution is -1.86. The van der Waals surface area contributed by atoms with Crippen LogP contribution in [0.3, 0.4) is 0 Å². The first kappa shape index (κ1) is 21.9. The van der Waals surface area contributed by atoms with Crippen LogP contribution in [0.4, 0.5) is 22.0 Å². The zero-order valence-electron chi connectivity index (χ0n) is 6.04. The Morgan fingerprint density at radius 2 is 0.467 bits per heavy atom. The lowest BCUT2D eigenvalue weighted by atomic mass is 11.7. The molecule has 0 aromatic heterocycles. The van der Waals surface area contributed by atoms with E-state index >= 15 is 0 Å². The Morgan fingerprint density at radius 3 is 0.467 bits per heavy atom. The van der Waals surface area contributed by atoms with Crippen molar-refractivity contribution in [3.63, 3.8) is 0 Å². The largest absolute Gasteiger partial charge is 0.401 e. The van der Waals surface area contributed by atoms with Gasteiger partial charge in [-0.3, -0.25) is 0 Å². The van der Waals surface area contributed by atoms with Crippen molar-refractivity contribution in [2.24, 2.45) is 0 Å². The first-order chi connectivity index (χ1) is 6.00. The second-order valence-electron chi connectivity index (χ2n) is 1.29. The van der Waals surface area contributed by atoms with E-state index in [1.807, 2.05) is 0 Å². The maximum absolute atomic E-state index is 11.0. The molecular formula is C3Cl7F5. The second-order valence-corrected chi connectivity index (χ2v) is 5.71. The number of hydrogen-bond acceptors (Lipinski definition) is 0. The highest BCUT2D eigenvalue weighted by molar-refractivity contribution is 6.66. The molecule has 0 bridgehead atoms. The quantitative estimate of drug-likeness (QED) is 0.342. The maximum atomic E-state index is 11.0. The Hall–Kier alpha value is 1.68. The molecule has 0 saturated heterocycles. The summed E-state index contributed by atoms with van der Waals surface area (Å²) in [7, 11) is 0. The Kier molecular flexibility index (Phi) is 12.7. The van der Waals surface area contributed by atoms with Gasteiger partial charge in [0.25, 0.3) is 0 Å². The molecule has 0 fully saturated rings. The molecule has 0 aliphatic rings. The summed E-state index contributed by atoms with van der Waals surface area (Å²) in [4.78, 5) is -7.11. The van der Waals surface area contributed by atoms with Crippen LogP contribution in [0.15, 0.2) is 0 Å². The molecule has 0 aliphatic heterocycles. The van der Waals surface area contributed by atoms with Gasteiger partial charge in [0.15, 0.2) is 0 Å². The standard InChI is InChI=1S/CCl3F.2CCl2F2/c3*2-1(3,4)5. The smallest absolute Gasteiger partial charge is 0.189 e. The molecule has 0 N–H and O–H groups in total. The summed E-state index contributed by atoms with van der Waals surface area (Å²) in [5, 5.41) is 0. The van der Waals surface area contributed by atoms with Gasteiger partial charge in [-0.25, -0.2) is 0 Å². The second kappa shape index (κ2) is 8.72. The molecule has 0 nitrogen and oxygen atoms in total. The number of halogens is 12. The fourth-order valence-electron chi connectivity index (χ4n) is 0. The van der Waals surface area contributed by atoms with Crippen molar-refractivity contribution in [1.82, 2.24) is 0 Å². The van der Waals surface area contributed by atoms with E-state index in [4.69, 9.17) is 0 Å². The Morgan fingerprint density at radius 1 is 0.467 bits per heavy atom. The Bertz CT molecular complexity index is 97.6. The van der Waals surface area contributed by atoms with Gasteiger partial charge in [0.1, 0.15) is 0 Å². The van der Waals surface area contributed by atoms with E-state index in [1.54, 1.807) is 0 Å². The van der Waals surface area contributed by atoms with Crippen LogP contribution in [0.5, 0.6) is 0 Å². The van der Waals surface area contributed by atoms with Crippen LogP contribution in [0.1, 0.15) is 0 Å². The summed E-state index contributed by atoms with van der Waals surface area (Å²) in [6, 6.07) is 0. The SMILES string of the molecule is FC(Cl)(Cl)Cl.FC(F)(Cl)Cl.FC(F)(Cl)Cl. The molecule has 0 aromatic carbocycles. The van der Waals surface area contributed by atoms with Gasteiger partial charge in [-0.2, -0.15) is 22.0 Å². The molecular weight excluding hydrogens is 379 g/mol. The summed E-state index contributed by atoms with van der Waals surface area (Å²) >= 11 is 29.0. The zero-order chi connectivity index (χ0) is 13.5. The summed E-state index contributed by atoms with van der Waals surface area (Å²) in [6.45, 7) is 0. The van der Waals surface area contributed by atoms with E-state index in [2.05, 4.69) is 81.2 Å². The monoisotopic (exact) mass is 376 g/mol. The zero-order valence-corrected chi connectivity index (χ0v) is 11.3. The molecule has 0 radical (unpaired) electrons. The van der Waals surface area contributed by atoms with Crippen molar-refractivity contribution in [2.45, 2.75) is 13.7 Å². The van der Waals surface area contributed by atoms with E-state index < -0.39 is 13.7 Å². The molecule has 15 heavy (non-hydrogen) atoms. The third-order valence-electron chi connectivity index (χ3n) is 0. The van der Waals surface area contributed by atoms with E-state index in [-0.39, 0.29) is 0 Å². The highest BCUT2D eigenvalue weighted by Gasteiger charge is 2.17. The van der Waals surface area contributed by atoms with Gasteiger partial charge in [-0.15, -0.1) is 0 Å². The summed E-state index contributed by atoms with van der Waals surface area (Å²) in [5.41, 5.74) is 0. The molecule has 0 amide bonds. The van der Waals surface area contributed by atoms with Gasteiger partial charge in [0, 0.05) is 0 Å². The topological polar surface area (TPSA) is 0 Å². The number of alkyl halides is 12. The van der Waals surface area contributed by atoms with Crippen molar-refractivity contribution in [1.29, 1.82) is 0 Å². The molecule has 0 rings (SSSR count). The third-order valence-corrected chi connectivity index (χ3v) is 0. The van der Waals surface area contributed by atoms with Crippen molar-refractivity contribution in [3.05, 3.63) is 0 Å². The van der Waals surface area contributed by atoms with Crippen LogP contribution in [0.25, 0.3) is 0 Å². The van der Waals surface area contributed by atoms with Gasteiger partial charge in [0.2, 0.25) is 0 Å². The number of hydrogen-bond donors (Lipinski definition) is 0. The van der Waals surface area contributed by atoms with Crippen molar-refractivity contribution in [3.8, 4) is 0 Å². The first-order valence-electron chi connectivity index (χ1n) is 2.27. The van der Waals surface area contributed by atoms with E-state index in [1.165, 1.54) is 0 Å². The van der Waals surface area contributed by atoms with Gasteiger partial charge >= 0.3 is 13.7 Å². The van der Waals surface area contributed by atoms with Crippen LogP contribution >= 0.6 is 81.2 Å². The van der Waals surface area contributed by atoms with Crippen LogP contribution < -0.4 is 0 Å². The minimum atomic E-state index is -3.56. The fourth-order valence-corrected chi connectivity index (χ4v) is 0. The van der Waals surface area contributed by atoms with Crippen LogP contribution in [0.2, 0.25) is 0 Å². The fraction of sp³-hybridized carbons (Fsp3) is 1.00. The summed E-state index contributed by atoms with van der Waals surface area (Å²) < 4.78 is 50.6. The minimum absolute atomic E-state index is 2.58. The summed E-state index contributed by atoms with van der Waals surface area (Å²) in [6.07, 6.45) is 0. The Labute approximate surface area is 116 Å². The average Bonchev–Trinajstić information content (AvgIpc) is 1.41. The lowest BCUT2D eigenvalue weighted by Gasteiger charge is -1.89. The van der Waals surface area contributed by atoms with E-state index in [0.29, 0.717) is 0 Å². The molecule has 0 aromatic rings.